The zero-order chi connectivity index (χ0) is 6.10. The minimum atomic E-state index is 0. The fourth-order valence-corrected chi connectivity index (χ4v) is 1.34. The number of rotatable bonds is 0. The van der Waals surface area contributed by atoms with Crippen LogP contribution in [-0.4, -0.2) is 13.2 Å². The van der Waals surface area contributed by atoms with Crippen LogP contribution in [0, 0.1) is 5.38 Å². The zero-order valence-electron chi connectivity index (χ0n) is 5.72. The van der Waals surface area contributed by atoms with Gasteiger partial charge in [0.05, 0.1) is 0 Å². The van der Waals surface area contributed by atoms with Crippen LogP contribution in [0.2, 0.25) is 0 Å². The molecular weight excluding hydrogens is 143 g/mol. The van der Waals surface area contributed by atoms with Gasteiger partial charge < -0.3 is 9.47 Å². The van der Waals surface area contributed by atoms with Crippen molar-refractivity contribution in [1.82, 2.24) is 0 Å². The summed E-state index contributed by atoms with van der Waals surface area (Å²) in [6.45, 7) is 1.32. The maximum absolute atomic E-state index is 5.22. The van der Waals surface area contributed by atoms with E-state index in [-0.39, 0.29) is 18.9 Å². The van der Waals surface area contributed by atoms with Gasteiger partial charge in [-0.25, -0.2) is 0 Å². The Morgan fingerprint density at radius 3 is 3.00 bits per heavy atom. The van der Waals surface area contributed by atoms with E-state index in [0.29, 0.717) is 13.2 Å². The fourth-order valence-electron chi connectivity index (χ4n) is 0.736. The molecule has 1 aromatic heterocycles. The van der Waals surface area contributed by atoms with Crippen LogP contribution in [0.25, 0.3) is 0 Å². The van der Waals surface area contributed by atoms with Crippen molar-refractivity contribution in [2.45, 2.75) is 0 Å². The van der Waals surface area contributed by atoms with Crippen molar-refractivity contribution in [2.75, 3.05) is 13.2 Å². The van der Waals surface area contributed by atoms with E-state index in [9.17, 15) is 0 Å². The second kappa shape index (κ2) is 3.34. The van der Waals surface area contributed by atoms with Crippen LogP contribution in [0.5, 0.6) is 11.5 Å². The summed E-state index contributed by atoms with van der Waals surface area (Å²) in [5.74, 6) is 1.61. The fraction of sp³-hybridized carbons (Fsp3) is 0.333. The monoisotopic (exact) mass is 148 g/mol. The normalized spacial score (nSPS) is 14.0. The third-order valence-corrected chi connectivity index (χ3v) is 1.76. The smallest absolute Gasteiger partial charge is 0.555 e. The molecule has 1 aliphatic rings. The first-order chi connectivity index (χ1) is 4.47. The van der Waals surface area contributed by atoms with Crippen molar-refractivity contribution in [3.8, 4) is 11.5 Å². The molecule has 0 aliphatic carbocycles. The second-order valence-corrected chi connectivity index (χ2v) is 2.40. The van der Waals surface area contributed by atoms with Gasteiger partial charge in [0.25, 0.3) is 0 Å². The molecule has 10 heavy (non-hydrogen) atoms. The van der Waals surface area contributed by atoms with Crippen LogP contribution in [0.4, 0.5) is 0 Å². The van der Waals surface area contributed by atoms with E-state index in [1.54, 1.807) is 0 Å². The molecule has 1 aliphatic heterocycles. The maximum atomic E-state index is 5.22. The number of hydrogen-bond acceptors (Lipinski definition) is 3. The van der Waals surface area contributed by atoms with Crippen LogP contribution in [0.1, 0.15) is 0 Å². The number of hydrogen-bond donors (Lipinski definition) is 0. The first-order valence-electron chi connectivity index (χ1n) is 2.71. The molecule has 0 saturated carbocycles. The Bertz CT molecular complexity index is 191. The number of ether oxygens (including phenoxy) is 2. The molecule has 2 heterocycles. The number of fused-ring (bicyclic) bond motifs is 1. The molecule has 0 fully saturated rings. The SMILES string of the molecule is [Li+].[c-]1scc2c1OCCO2. The van der Waals surface area contributed by atoms with Gasteiger partial charge in [0, 0.05) is 11.5 Å². The van der Waals surface area contributed by atoms with Gasteiger partial charge in [-0.1, -0.05) is 5.38 Å². The molecule has 0 atom stereocenters. The third kappa shape index (κ3) is 1.32. The summed E-state index contributed by atoms with van der Waals surface area (Å²) in [6, 6.07) is 0. The van der Waals surface area contributed by atoms with Gasteiger partial charge in [-0.3, -0.25) is 11.3 Å². The molecule has 0 amide bonds. The van der Waals surface area contributed by atoms with Gasteiger partial charge in [-0.05, 0) is 0 Å². The summed E-state index contributed by atoms with van der Waals surface area (Å²) in [7, 11) is 0. The molecule has 0 radical (unpaired) electrons. The van der Waals surface area contributed by atoms with E-state index in [0.717, 1.165) is 11.5 Å². The van der Waals surface area contributed by atoms with Gasteiger partial charge in [0.1, 0.15) is 13.2 Å². The molecule has 0 saturated heterocycles. The van der Waals surface area contributed by atoms with Crippen LogP contribution in [0.15, 0.2) is 5.38 Å². The van der Waals surface area contributed by atoms with Crippen LogP contribution < -0.4 is 28.3 Å². The zero-order valence-corrected chi connectivity index (χ0v) is 6.53. The van der Waals surface area contributed by atoms with E-state index in [1.165, 1.54) is 11.3 Å². The molecule has 0 aromatic carbocycles. The Kier molecular flexibility index (Phi) is 2.67. The largest absolute Gasteiger partial charge is 1.00 e. The first kappa shape index (κ1) is 8.00. The van der Waals surface area contributed by atoms with Gasteiger partial charge in [-0.15, -0.1) is 5.38 Å². The summed E-state index contributed by atoms with van der Waals surface area (Å²) in [4.78, 5) is 0. The van der Waals surface area contributed by atoms with E-state index >= 15 is 0 Å². The summed E-state index contributed by atoms with van der Waals surface area (Å²) in [5.41, 5.74) is 0. The second-order valence-electron chi connectivity index (χ2n) is 1.73. The minimum absolute atomic E-state index is 0. The van der Waals surface area contributed by atoms with Crippen molar-refractivity contribution in [3.63, 3.8) is 0 Å². The average molecular weight is 148 g/mol. The van der Waals surface area contributed by atoms with E-state index in [2.05, 4.69) is 5.38 Å². The molecular formula is C6H5LiO2S. The van der Waals surface area contributed by atoms with Crippen molar-refractivity contribution in [2.24, 2.45) is 0 Å². The van der Waals surface area contributed by atoms with E-state index in [1.807, 2.05) is 5.38 Å². The molecule has 0 bridgehead atoms. The number of thiophene rings is 1. The molecule has 0 spiro atoms. The molecule has 0 N–H and O–H groups in total. The van der Waals surface area contributed by atoms with Crippen molar-refractivity contribution >= 4 is 11.3 Å². The minimum Gasteiger partial charge on any atom is -0.555 e. The molecule has 4 heteroatoms. The quantitative estimate of drug-likeness (QED) is 0.323. The van der Waals surface area contributed by atoms with Crippen LogP contribution in [-0.2, 0) is 0 Å². The topological polar surface area (TPSA) is 18.5 Å². The third-order valence-electron chi connectivity index (χ3n) is 1.13. The maximum Gasteiger partial charge on any atom is 1.00 e. The molecule has 2 nitrogen and oxygen atoms in total. The van der Waals surface area contributed by atoms with Crippen molar-refractivity contribution in [3.05, 3.63) is 10.8 Å². The van der Waals surface area contributed by atoms with Crippen molar-refractivity contribution in [1.29, 1.82) is 0 Å². The van der Waals surface area contributed by atoms with E-state index < -0.39 is 0 Å². The van der Waals surface area contributed by atoms with Crippen molar-refractivity contribution < 1.29 is 28.3 Å². The summed E-state index contributed by atoms with van der Waals surface area (Å²) in [5, 5.41) is 4.85. The standard InChI is InChI=1S/C6H5O2S.Li/c1-2-8-6-4-9-3-5(6)7-1;/h3H,1-2H2;/q-1;+1. The van der Waals surface area contributed by atoms with Gasteiger partial charge in [0.15, 0.2) is 0 Å². The Morgan fingerprint density at radius 1 is 1.40 bits per heavy atom. The van der Waals surface area contributed by atoms with Crippen LogP contribution >= 0.6 is 11.3 Å². The van der Waals surface area contributed by atoms with Gasteiger partial charge >= 0.3 is 18.9 Å². The predicted octanol–water partition coefficient (Wildman–Crippen LogP) is -1.68. The van der Waals surface area contributed by atoms with Gasteiger partial charge in [-0.2, -0.15) is 0 Å². The average Bonchev–Trinajstić information content (AvgIpc) is 2.33. The Morgan fingerprint density at radius 2 is 2.20 bits per heavy atom. The Hall–Kier alpha value is -0.103. The Balaban J connectivity index is 0.000000500. The molecule has 2 rings (SSSR count). The van der Waals surface area contributed by atoms with E-state index in [4.69, 9.17) is 9.47 Å². The Labute approximate surface area is 75.3 Å². The summed E-state index contributed by atoms with van der Waals surface area (Å²) >= 11 is 1.48. The van der Waals surface area contributed by atoms with Gasteiger partial charge in [0.2, 0.25) is 0 Å². The molecule has 48 valence electrons. The summed E-state index contributed by atoms with van der Waals surface area (Å²) in [6.07, 6.45) is 0. The molecule has 0 unspecified atom stereocenters. The van der Waals surface area contributed by atoms with Crippen LogP contribution in [0.3, 0.4) is 0 Å². The summed E-state index contributed by atoms with van der Waals surface area (Å²) < 4.78 is 10.4. The predicted molar refractivity (Wildman–Crippen MR) is 34.1 cm³/mol. The molecule has 1 aromatic rings. The first-order valence-corrected chi connectivity index (χ1v) is 3.59.